The van der Waals surface area contributed by atoms with E-state index >= 15 is 0 Å². The largest absolute Gasteiger partial charge is 0.272 e. The molecule has 2 aromatic rings. The van der Waals surface area contributed by atoms with Crippen molar-refractivity contribution in [2.24, 2.45) is 0 Å². The molecule has 1 aliphatic rings. The molecule has 2 aromatic carbocycles. The SMILES string of the molecule is CCSC1=C(c2ccc(F)cc2)C(=O)N(c2ccc(C)cc2)C1=O. The van der Waals surface area contributed by atoms with E-state index < -0.39 is 0 Å². The van der Waals surface area contributed by atoms with Crippen LogP contribution in [0, 0.1) is 12.7 Å². The average molecular weight is 341 g/mol. The molecule has 3 nitrogen and oxygen atoms in total. The number of hydrogen-bond acceptors (Lipinski definition) is 3. The van der Waals surface area contributed by atoms with Gasteiger partial charge in [0.1, 0.15) is 5.82 Å². The number of carbonyl (C=O) groups is 2. The summed E-state index contributed by atoms with van der Waals surface area (Å²) in [6.07, 6.45) is 0. The molecule has 24 heavy (non-hydrogen) atoms. The second kappa shape index (κ2) is 6.61. The predicted octanol–water partition coefficient (Wildman–Crippen LogP) is 4.17. The van der Waals surface area contributed by atoms with Crippen LogP contribution < -0.4 is 4.90 Å². The molecule has 0 aromatic heterocycles. The third-order valence-corrected chi connectivity index (χ3v) is 4.71. The highest BCUT2D eigenvalue weighted by Crippen LogP contribution is 2.38. The van der Waals surface area contributed by atoms with Crippen LogP contribution in [-0.2, 0) is 9.59 Å². The van der Waals surface area contributed by atoms with E-state index in [2.05, 4.69) is 0 Å². The Balaban J connectivity index is 2.07. The van der Waals surface area contributed by atoms with Gasteiger partial charge in [-0.3, -0.25) is 9.59 Å². The number of benzene rings is 2. The minimum atomic E-state index is -0.379. The van der Waals surface area contributed by atoms with E-state index in [-0.39, 0.29) is 17.6 Å². The zero-order chi connectivity index (χ0) is 17.3. The zero-order valence-electron chi connectivity index (χ0n) is 13.4. The molecule has 0 atom stereocenters. The number of carbonyl (C=O) groups excluding carboxylic acids is 2. The third-order valence-electron chi connectivity index (χ3n) is 3.76. The van der Waals surface area contributed by atoms with Crippen molar-refractivity contribution in [2.45, 2.75) is 13.8 Å². The van der Waals surface area contributed by atoms with Crippen LogP contribution in [0.4, 0.5) is 10.1 Å². The Kier molecular flexibility index (Phi) is 4.53. The number of aryl methyl sites for hydroxylation is 1. The molecule has 1 heterocycles. The summed E-state index contributed by atoms with van der Waals surface area (Å²) in [5.41, 5.74) is 2.49. The van der Waals surface area contributed by atoms with Crippen LogP contribution in [0.25, 0.3) is 5.57 Å². The van der Waals surface area contributed by atoms with Gasteiger partial charge in [-0.1, -0.05) is 36.8 Å². The lowest BCUT2D eigenvalue weighted by molar-refractivity contribution is -0.119. The van der Waals surface area contributed by atoms with Crippen LogP contribution in [0.3, 0.4) is 0 Å². The first-order chi connectivity index (χ1) is 11.5. The van der Waals surface area contributed by atoms with Crippen molar-refractivity contribution in [2.75, 3.05) is 10.7 Å². The van der Waals surface area contributed by atoms with Gasteiger partial charge in [-0.25, -0.2) is 9.29 Å². The van der Waals surface area contributed by atoms with E-state index in [0.29, 0.717) is 27.5 Å². The number of thioether (sulfide) groups is 1. The van der Waals surface area contributed by atoms with E-state index in [1.54, 1.807) is 12.1 Å². The third kappa shape index (κ3) is 2.87. The molecule has 0 aliphatic carbocycles. The molecule has 0 fully saturated rings. The summed E-state index contributed by atoms with van der Waals surface area (Å²) in [5, 5.41) is 0. The van der Waals surface area contributed by atoms with E-state index in [4.69, 9.17) is 0 Å². The molecule has 0 spiro atoms. The van der Waals surface area contributed by atoms with E-state index in [1.807, 2.05) is 26.0 Å². The standard InChI is InChI=1S/C19H16FNO2S/c1-3-24-17-16(13-6-8-14(20)9-7-13)18(22)21(19(17)23)15-10-4-12(2)5-11-15/h4-11H,3H2,1-2H3. The molecule has 0 bridgehead atoms. The Morgan fingerprint density at radius 3 is 2.17 bits per heavy atom. The fourth-order valence-corrected chi connectivity index (χ4v) is 3.44. The Labute approximate surface area is 144 Å². The maximum absolute atomic E-state index is 13.2. The normalized spacial score (nSPS) is 14.7. The number of nitrogens with zero attached hydrogens (tertiary/aromatic N) is 1. The predicted molar refractivity (Wildman–Crippen MR) is 95.1 cm³/mol. The fraction of sp³-hybridized carbons (Fsp3) is 0.158. The lowest BCUT2D eigenvalue weighted by Gasteiger charge is -2.15. The van der Waals surface area contributed by atoms with Crippen molar-refractivity contribution in [1.29, 1.82) is 0 Å². The molecule has 0 unspecified atom stereocenters. The molecular formula is C19H16FNO2S. The van der Waals surface area contributed by atoms with Gasteiger partial charge in [0.25, 0.3) is 11.8 Å². The van der Waals surface area contributed by atoms with E-state index in [0.717, 1.165) is 5.56 Å². The van der Waals surface area contributed by atoms with Gasteiger partial charge in [0.2, 0.25) is 0 Å². The smallest absolute Gasteiger partial charge is 0.268 e. The van der Waals surface area contributed by atoms with Gasteiger partial charge < -0.3 is 0 Å². The van der Waals surface area contributed by atoms with Gasteiger partial charge in [0.05, 0.1) is 16.2 Å². The summed E-state index contributed by atoms with van der Waals surface area (Å²) < 4.78 is 13.2. The summed E-state index contributed by atoms with van der Waals surface area (Å²) in [4.78, 5) is 27.3. The van der Waals surface area contributed by atoms with Crippen molar-refractivity contribution < 1.29 is 14.0 Å². The molecule has 0 saturated carbocycles. The number of halogens is 1. The first-order valence-corrected chi connectivity index (χ1v) is 8.60. The van der Waals surface area contributed by atoms with Gasteiger partial charge in [-0.2, -0.15) is 0 Å². The molecule has 122 valence electrons. The molecule has 0 saturated heterocycles. The van der Waals surface area contributed by atoms with Crippen LogP contribution in [0.2, 0.25) is 0 Å². The number of amides is 2. The molecule has 5 heteroatoms. The van der Waals surface area contributed by atoms with Gasteiger partial charge in [-0.15, -0.1) is 11.8 Å². The Bertz CT molecular complexity index is 825. The Morgan fingerprint density at radius 1 is 0.958 bits per heavy atom. The van der Waals surface area contributed by atoms with Crippen LogP contribution in [0.15, 0.2) is 53.4 Å². The minimum absolute atomic E-state index is 0.324. The van der Waals surface area contributed by atoms with Gasteiger partial charge in [0, 0.05) is 0 Å². The number of rotatable bonds is 4. The topological polar surface area (TPSA) is 37.4 Å². The highest BCUT2D eigenvalue weighted by atomic mass is 32.2. The van der Waals surface area contributed by atoms with Crippen molar-refractivity contribution >= 4 is 34.8 Å². The maximum atomic E-state index is 13.2. The lowest BCUT2D eigenvalue weighted by atomic mass is 10.1. The van der Waals surface area contributed by atoms with Gasteiger partial charge in [0.15, 0.2) is 0 Å². The van der Waals surface area contributed by atoms with Gasteiger partial charge in [-0.05, 0) is 42.5 Å². The van der Waals surface area contributed by atoms with Crippen LogP contribution in [-0.4, -0.2) is 17.6 Å². The van der Waals surface area contributed by atoms with E-state index in [9.17, 15) is 14.0 Å². The summed E-state index contributed by atoms with van der Waals surface area (Å²) in [6.45, 7) is 3.87. The lowest BCUT2D eigenvalue weighted by Crippen LogP contribution is -2.31. The van der Waals surface area contributed by atoms with Crippen LogP contribution in [0.1, 0.15) is 18.1 Å². The molecular weight excluding hydrogens is 325 g/mol. The molecule has 1 aliphatic heterocycles. The van der Waals surface area contributed by atoms with Gasteiger partial charge >= 0.3 is 0 Å². The number of imide groups is 1. The maximum Gasteiger partial charge on any atom is 0.272 e. The Morgan fingerprint density at radius 2 is 1.58 bits per heavy atom. The highest BCUT2D eigenvalue weighted by Gasteiger charge is 2.39. The highest BCUT2D eigenvalue weighted by molar-refractivity contribution is 8.04. The average Bonchev–Trinajstić information content (AvgIpc) is 2.81. The van der Waals surface area contributed by atoms with Crippen LogP contribution >= 0.6 is 11.8 Å². The minimum Gasteiger partial charge on any atom is -0.268 e. The molecule has 2 amide bonds. The second-order valence-corrected chi connectivity index (χ2v) is 6.70. The van der Waals surface area contributed by atoms with Crippen LogP contribution in [0.5, 0.6) is 0 Å². The van der Waals surface area contributed by atoms with Crippen molar-refractivity contribution in [3.63, 3.8) is 0 Å². The first kappa shape index (κ1) is 16.5. The summed E-state index contributed by atoms with van der Waals surface area (Å²) in [7, 11) is 0. The molecule has 0 N–H and O–H groups in total. The number of anilines is 1. The summed E-state index contributed by atoms with van der Waals surface area (Å²) in [6, 6.07) is 12.9. The molecule has 3 rings (SSSR count). The number of hydrogen-bond donors (Lipinski definition) is 0. The molecule has 0 radical (unpaired) electrons. The Hall–Kier alpha value is -2.40. The van der Waals surface area contributed by atoms with Crippen molar-refractivity contribution in [1.82, 2.24) is 0 Å². The zero-order valence-corrected chi connectivity index (χ0v) is 14.2. The van der Waals surface area contributed by atoms with Crippen molar-refractivity contribution in [3.05, 3.63) is 70.4 Å². The first-order valence-electron chi connectivity index (χ1n) is 7.61. The second-order valence-electron chi connectivity index (χ2n) is 5.43. The van der Waals surface area contributed by atoms with E-state index in [1.165, 1.54) is 40.9 Å². The van der Waals surface area contributed by atoms with Crippen molar-refractivity contribution in [3.8, 4) is 0 Å². The summed E-state index contributed by atoms with van der Waals surface area (Å²) in [5.74, 6) is -0.404. The summed E-state index contributed by atoms with van der Waals surface area (Å²) >= 11 is 1.33. The quantitative estimate of drug-likeness (QED) is 0.783. The fourth-order valence-electron chi connectivity index (χ4n) is 2.59. The monoisotopic (exact) mass is 341 g/mol.